The first-order chi connectivity index (χ1) is 10.2. The van der Waals surface area contributed by atoms with Crippen molar-refractivity contribution < 1.29 is 4.39 Å². The normalized spacial score (nSPS) is 16.1. The topological polar surface area (TPSA) is 32.5 Å². The van der Waals surface area contributed by atoms with E-state index < -0.39 is 0 Å². The maximum atomic E-state index is 13.8. The van der Waals surface area contributed by atoms with Gasteiger partial charge in [-0.1, -0.05) is 30.3 Å². The van der Waals surface area contributed by atoms with Crippen LogP contribution >= 0.6 is 0 Å². The summed E-state index contributed by atoms with van der Waals surface area (Å²) in [6.45, 7) is 4.38. The number of halogens is 1. The maximum absolute atomic E-state index is 13.8. The van der Waals surface area contributed by atoms with Crippen LogP contribution in [0.5, 0.6) is 0 Å². The number of rotatable bonds is 3. The number of nitrogens with zero attached hydrogens (tertiary/aromatic N) is 2. The van der Waals surface area contributed by atoms with E-state index in [-0.39, 0.29) is 5.82 Å². The molecule has 4 heteroatoms. The van der Waals surface area contributed by atoms with Gasteiger partial charge in [0, 0.05) is 38.4 Å². The van der Waals surface area contributed by atoms with E-state index in [1.54, 1.807) is 6.07 Å². The van der Waals surface area contributed by atoms with E-state index in [1.807, 2.05) is 30.3 Å². The molecule has 0 aliphatic carbocycles. The first kappa shape index (κ1) is 13.9. The van der Waals surface area contributed by atoms with E-state index >= 15 is 0 Å². The van der Waals surface area contributed by atoms with Crippen LogP contribution in [0.4, 0.5) is 15.8 Å². The first-order valence-corrected chi connectivity index (χ1v) is 7.29. The van der Waals surface area contributed by atoms with E-state index in [2.05, 4.69) is 15.9 Å². The Morgan fingerprint density at radius 2 is 1.57 bits per heavy atom. The first-order valence-electron chi connectivity index (χ1n) is 7.29. The van der Waals surface area contributed by atoms with E-state index in [9.17, 15) is 4.39 Å². The molecule has 1 aliphatic heterocycles. The van der Waals surface area contributed by atoms with Gasteiger partial charge in [-0.3, -0.25) is 4.90 Å². The fourth-order valence-electron chi connectivity index (χ4n) is 2.77. The highest BCUT2D eigenvalue weighted by Crippen LogP contribution is 2.21. The molecule has 0 unspecified atom stereocenters. The fraction of sp³-hybridized carbons (Fsp3) is 0.294. The van der Waals surface area contributed by atoms with Crippen molar-refractivity contribution in [3.63, 3.8) is 0 Å². The molecule has 110 valence electrons. The fourth-order valence-corrected chi connectivity index (χ4v) is 2.77. The van der Waals surface area contributed by atoms with Crippen molar-refractivity contribution in [3.05, 3.63) is 59.9 Å². The van der Waals surface area contributed by atoms with Crippen LogP contribution < -0.4 is 10.6 Å². The zero-order chi connectivity index (χ0) is 14.7. The standard InChI is InChI=1S/C17H20FN3/c18-15-6-2-4-8-17(15)21-11-9-20(10-12-21)13-14-5-1-3-7-16(14)19/h1-8H,9-13,19H2. The highest BCUT2D eigenvalue weighted by Gasteiger charge is 2.19. The quantitative estimate of drug-likeness (QED) is 0.880. The van der Waals surface area contributed by atoms with Crippen LogP contribution in [-0.2, 0) is 6.54 Å². The third-order valence-electron chi connectivity index (χ3n) is 4.01. The van der Waals surface area contributed by atoms with Crippen LogP contribution in [0.3, 0.4) is 0 Å². The number of para-hydroxylation sites is 2. The summed E-state index contributed by atoms with van der Waals surface area (Å²) in [5.41, 5.74) is 8.70. The predicted molar refractivity (Wildman–Crippen MR) is 84.7 cm³/mol. The average molecular weight is 285 g/mol. The molecule has 2 aromatic carbocycles. The Balaban J connectivity index is 1.61. The summed E-state index contributed by atoms with van der Waals surface area (Å²) in [5, 5.41) is 0. The van der Waals surface area contributed by atoms with Crippen molar-refractivity contribution in [1.29, 1.82) is 0 Å². The number of benzene rings is 2. The molecule has 3 rings (SSSR count). The smallest absolute Gasteiger partial charge is 0.146 e. The molecule has 2 N–H and O–H groups in total. The molecule has 0 spiro atoms. The van der Waals surface area contributed by atoms with Crippen molar-refractivity contribution in [3.8, 4) is 0 Å². The highest BCUT2D eigenvalue weighted by molar-refractivity contribution is 5.48. The number of hydrogen-bond donors (Lipinski definition) is 1. The minimum Gasteiger partial charge on any atom is -0.398 e. The van der Waals surface area contributed by atoms with Crippen LogP contribution in [0.2, 0.25) is 0 Å². The molecular weight excluding hydrogens is 265 g/mol. The third kappa shape index (κ3) is 3.16. The molecule has 1 saturated heterocycles. The minimum absolute atomic E-state index is 0.141. The van der Waals surface area contributed by atoms with E-state index in [1.165, 1.54) is 6.07 Å². The van der Waals surface area contributed by atoms with Crippen LogP contribution in [-0.4, -0.2) is 31.1 Å². The van der Waals surface area contributed by atoms with Gasteiger partial charge in [0.15, 0.2) is 0 Å². The van der Waals surface area contributed by atoms with Gasteiger partial charge in [0.05, 0.1) is 5.69 Å². The summed E-state index contributed by atoms with van der Waals surface area (Å²) in [4.78, 5) is 4.48. The zero-order valence-corrected chi connectivity index (χ0v) is 12.0. The number of anilines is 2. The van der Waals surface area contributed by atoms with Crippen molar-refractivity contribution >= 4 is 11.4 Å². The van der Waals surface area contributed by atoms with Gasteiger partial charge in [0.2, 0.25) is 0 Å². The molecule has 1 heterocycles. The molecule has 0 aromatic heterocycles. The van der Waals surface area contributed by atoms with Gasteiger partial charge >= 0.3 is 0 Å². The number of nitrogens with two attached hydrogens (primary N) is 1. The van der Waals surface area contributed by atoms with Crippen LogP contribution in [0.25, 0.3) is 0 Å². The molecule has 2 aromatic rings. The minimum atomic E-state index is -0.141. The lowest BCUT2D eigenvalue weighted by atomic mass is 10.1. The Bertz CT molecular complexity index is 606. The Kier molecular flexibility index (Phi) is 4.06. The molecule has 0 amide bonds. The van der Waals surface area contributed by atoms with Crippen molar-refractivity contribution in [1.82, 2.24) is 4.90 Å². The van der Waals surface area contributed by atoms with Gasteiger partial charge in [0.25, 0.3) is 0 Å². The molecule has 0 atom stereocenters. The Morgan fingerprint density at radius 3 is 2.29 bits per heavy atom. The van der Waals surface area contributed by atoms with Crippen molar-refractivity contribution in [2.24, 2.45) is 0 Å². The third-order valence-corrected chi connectivity index (χ3v) is 4.01. The average Bonchev–Trinajstić information content (AvgIpc) is 2.51. The summed E-state index contributed by atoms with van der Waals surface area (Å²) in [5.74, 6) is -0.141. The summed E-state index contributed by atoms with van der Waals surface area (Å²) in [7, 11) is 0. The lowest BCUT2D eigenvalue weighted by Gasteiger charge is -2.36. The van der Waals surface area contributed by atoms with Gasteiger partial charge in [-0.15, -0.1) is 0 Å². The number of piperazine rings is 1. The molecule has 0 bridgehead atoms. The highest BCUT2D eigenvalue weighted by atomic mass is 19.1. The van der Waals surface area contributed by atoms with Crippen molar-refractivity contribution in [2.75, 3.05) is 36.8 Å². The second kappa shape index (κ2) is 6.14. The molecule has 0 radical (unpaired) electrons. The molecular formula is C17H20FN3. The summed E-state index contributed by atoms with van der Waals surface area (Å²) in [6.07, 6.45) is 0. The lowest BCUT2D eigenvalue weighted by Crippen LogP contribution is -2.46. The Morgan fingerprint density at radius 1 is 0.905 bits per heavy atom. The van der Waals surface area contributed by atoms with E-state index in [0.29, 0.717) is 5.69 Å². The van der Waals surface area contributed by atoms with Gasteiger partial charge in [0.1, 0.15) is 5.82 Å². The van der Waals surface area contributed by atoms with Crippen molar-refractivity contribution in [2.45, 2.75) is 6.54 Å². The molecule has 1 aliphatic rings. The predicted octanol–water partition coefficient (Wildman–Crippen LogP) is 2.73. The Labute approximate surface area is 124 Å². The van der Waals surface area contributed by atoms with E-state index in [0.717, 1.165) is 44.0 Å². The summed E-state index contributed by atoms with van der Waals surface area (Å²) in [6, 6.07) is 15.0. The lowest BCUT2D eigenvalue weighted by molar-refractivity contribution is 0.249. The monoisotopic (exact) mass is 285 g/mol. The Hall–Kier alpha value is -2.07. The molecule has 21 heavy (non-hydrogen) atoms. The summed E-state index contributed by atoms with van der Waals surface area (Å²) >= 11 is 0. The maximum Gasteiger partial charge on any atom is 0.146 e. The van der Waals surface area contributed by atoms with Gasteiger partial charge in [-0.2, -0.15) is 0 Å². The van der Waals surface area contributed by atoms with Gasteiger partial charge in [-0.05, 0) is 23.8 Å². The number of nitrogen functional groups attached to an aromatic ring is 1. The van der Waals surface area contributed by atoms with Gasteiger partial charge in [-0.25, -0.2) is 4.39 Å². The van der Waals surface area contributed by atoms with Crippen LogP contribution in [0.1, 0.15) is 5.56 Å². The van der Waals surface area contributed by atoms with Gasteiger partial charge < -0.3 is 10.6 Å². The second-order valence-corrected chi connectivity index (χ2v) is 5.41. The molecule has 1 fully saturated rings. The van der Waals surface area contributed by atoms with Crippen LogP contribution in [0, 0.1) is 5.82 Å². The molecule has 3 nitrogen and oxygen atoms in total. The molecule has 0 saturated carbocycles. The zero-order valence-electron chi connectivity index (χ0n) is 12.0. The second-order valence-electron chi connectivity index (χ2n) is 5.41. The van der Waals surface area contributed by atoms with E-state index in [4.69, 9.17) is 5.73 Å². The number of hydrogen-bond acceptors (Lipinski definition) is 3. The largest absolute Gasteiger partial charge is 0.398 e. The SMILES string of the molecule is Nc1ccccc1CN1CCN(c2ccccc2F)CC1. The summed E-state index contributed by atoms with van der Waals surface area (Å²) < 4.78 is 13.8. The van der Waals surface area contributed by atoms with Crippen LogP contribution in [0.15, 0.2) is 48.5 Å².